The molecule has 1 amide bonds. The Morgan fingerprint density at radius 3 is 2.50 bits per heavy atom. The summed E-state index contributed by atoms with van der Waals surface area (Å²) in [5, 5.41) is 18.9. The van der Waals surface area contributed by atoms with Gasteiger partial charge >= 0.3 is 0 Å². The lowest BCUT2D eigenvalue weighted by molar-refractivity contribution is -0.384. The average Bonchev–Trinajstić information content (AvgIpc) is 3.31. The number of rotatable bonds is 6. The maximum Gasteiger partial charge on any atom is 0.269 e. The van der Waals surface area contributed by atoms with Gasteiger partial charge in [-0.15, -0.1) is 11.3 Å². The highest BCUT2D eigenvalue weighted by Gasteiger charge is 2.19. The molecule has 0 bridgehead atoms. The molecule has 32 heavy (non-hydrogen) atoms. The van der Waals surface area contributed by atoms with Crippen molar-refractivity contribution in [3.05, 3.63) is 97.4 Å². The number of carbonyl (C=O) groups excluding carboxylic acids is 1. The third-order valence-corrected chi connectivity index (χ3v) is 5.85. The molecule has 0 aliphatic heterocycles. The molecule has 0 aliphatic rings. The van der Waals surface area contributed by atoms with Crippen LogP contribution in [0, 0.1) is 29.8 Å². The van der Waals surface area contributed by atoms with Crippen LogP contribution in [0.3, 0.4) is 0 Å². The van der Waals surface area contributed by atoms with Crippen molar-refractivity contribution in [2.75, 3.05) is 5.32 Å². The number of anilines is 1. The summed E-state index contributed by atoms with van der Waals surface area (Å²) in [4.78, 5) is 28.3. The SMILES string of the molecule is Cc1cc(NC(=O)c2sc(Cc3ccc(F)cc3)nc2C)n(-c2ccc([N+](=O)[O-])cc2)n1. The van der Waals surface area contributed by atoms with E-state index in [4.69, 9.17) is 0 Å². The Labute approximate surface area is 186 Å². The van der Waals surface area contributed by atoms with Gasteiger partial charge in [-0.1, -0.05) is 12.1 Å². The molecule has 10 heteroatoms. The van der Waals surface area contributed by atoms with Crippen LogP contribution in [-0.4, -0.2) is 25.6 Å². The molecule has 4 rings (SSSR count). The van der Waals surface area contributed by atoms with Gasteiger partial charge < -0.3 is 5.32 Å². The summed E-state index contributed by atoms with van der Waals surface area (Å²) in [6, 6.07) is 13.8. The molecule has 0 unspecified atom stereocenters. The normalized spacial score (nSPS) is 10.8. The Balaban J connectivity index is 1.55. The van der Waals surface area contributed by atoms with Crippen molar-refractivity contribution in [1.29, 1.82) is 0 Å². The number of nitro benzene ring substituents is 1. The van der Waals surface area contributed by atoms with Gasteiger partial charge in [-0.25, -0.2) is 14.1 Å². The van der Waals surface area contributed by atoms with Crippen LogP contribution in [0.5, 0.6) is 0 Å². The van der Waals surface area contributed by atoms with Gasteiger partial charge in [0.05, 0.1) is 27.0 Å². The molecule has 2 aromatic heterocycles. The van der Waals surface area contributed by atoms with Crippen LogP contribution in [-0.2, 0) is 6.42 Å². The van der Waals surface area contributed by atoms with Gasteiger partial charge in [0, 0.05) is 24.6 Å². The predicted octanol–water partition coefficient (Wildman–Crippen LogP) is 4.84. The van der Waals surface area contributed by atoms with Crippen molar-refractivity contribution >= 4 is 28.7 Å². The van der Waals surface area contributed by atoms with E-state index in [0.29, 0.717) is 34.2 Å². The van der Waals surface area contributed by atoms with Crippen LogP contribution in [0.4, 0.5) is 15.9 Å². The second kappa shape index (κ2) is 8.67. The summed E-state index contributed by atoms with van der Waals surface area (Å²) in [5.41, 5.74) is 2.73. The summed E-state index contributed by atoms with van der Waals surface area (Å²) in [5.74, 6) is -0.188. The number of amides is 1. The molecule has 0 atom stereocenters. The van der Waals surface area contributed by atoms with Crippen LogP contribution >= 0.6 is 11.3 Å². The zero-order valence-corrected chi connectivity index (χ0v) is 18.0. The van der Waals surface area contributed by atoms with Crippen molar-refractivity contribution in [2.24, 2.45) is 0 Å². The van der Waals surface area contributed by atoms with Gasteiger partial charge in [-0.2, -0.15) is 5.10 Å². The van der Waals surface area contributed by atoms with Crippen LogP contribution in [0.15, 0.2) is 54.6 Å². The van der Waals surface area contributed by atoms with E-state index in [9.17, 15) is 19.3 Å². The topological polar surface area (TPSA) is 103 Å². The van der Waals surface area contributed by atoms with Crippen molar-refractivity contribution in [3.63, 3.8) is 0 Å². The second-order valence-electron chi connectivity index (χ2n) is 7.14. The maximum absolute atomic E-state index is 13.1. The highest BCUT2D eigenvalue weighted by molar-refractivity contribution is 7.14. The molecule has 0 saturated carbocycles. The number of aromatic nitrogens is 3. The number of benzene rings is 2. The fraction of sp³-hybridized carbons (Fsp3) is 0.136. The van der Waals surface area contributed by atoms with Gasteiger partial charge in [0.15, 0.2) is 0 Å². The summed E-state index contributed by atoms with van der Waals surface area (Å²) < 4.78 is 14.6. The number of carbonyl (C=O) groups is 1. The Morgan fingerprint density at radius 2 is 1.84 bits per heavy atom. The Hall–Kier alpha value is -3.92. The lowest BCUT2D eigenvalue weighted by Gasteiger charge is -2.08. The molecule has 162 valence electrons. The number of nitrogens with one attached hydrogen (secondary N) is 1. The number of hydrogen-bond acceptors (Lipinski definition) is 6. The van der Waals surface area contributed by atoms with Gasteiger partial charge in [0.1, 0.15) is 16.5 Å². The molecule has 8 nitrogen and oxygen atoms in total. The minimum Gasteiger partial charge on any atom is -0.306 e. The van der Waals surface area contributed by atoms with Crippen LogP contribution < -0.4 is 5.32 Å². The number of nitro groups is 1. The number of nitrogens with zero attached hydrogens (tertiary/aromatic N) is 4. The molecular weight excluding hydrogens is 433 g/mol. The zero-order chi connectivity index (χ0) is 22.8. The number of non-ortho nitro benzene ring substituents is 1. The second-order valence-corrected chi connectivity index (χ2v) is 8.22. The van der Waals surface area contributed by atoms with Crippen LogP contribution in [0.25, 0.3) is 5.69 Å². The molecule has 0 saturated heterocycles. The average molecular weight is 451 g/mol. The highest BCUT2D eigenvalue weighted by atomic mass is 32.1. The Bertz CT molecular complexity index is 1300. The van der Waals surface area contributed by atoms with Crippen LogP contribution in [0.2, 0.25) is 0 Å². The number of aryl methyl sites for hydroxylation is 2. The summed E-state index contributed by atoms with van der Waals surface area (Å²) >= 11 is 1.28. The highest BCUT2D eigenvalue weighted by Crippen LogP contribution is 2.24. The lowest BCUT2D eigenvalue weighted by Crippen LogP contribution is -2.15. The third kappa shape index (κ3) is 4.54. The van der Waals surface area contributed by atoms with E-state index in [0.717, 1.165) is 10.6 Å². The van der Waals surface area contributed by atoms with E-state index in [1.807, 2.05) is 0 Å². The summed E-state index contributed by atoms with van der Waals surface area (Å²) in [7, 11) is 0. The Morgan fingerprint density at radius 1 is 1.16 bits per heavy atom. The zero-order valence-electron chi connectivity index (χ0n) is 17.2. The van der Waals surface area contributed by atoms with E-state index in [-0.39, 0.29) is 17.4 Å². The molecule has 1 N–H and O–H groups in total. The van der Waals surface area contributed by atoms with Crippen molar-refractivity contribution < 1.29 is 14.1 Å². The molecule has 0 radical (unpaired) electrons. The minimum atomic E-state index is -0.475. The molecule has 0 spiro atoms. The number of hydrogen-bond donors (Lipinski definition) is 1. The Kier molecular flexibility index (Phi) is 5.78. The molecule has 2 aromatic carbocycles. The molecule has 0 aliphatic carbocycles. The van der Waals surface area contributed by atoms with E-state index in [2.05, 4.69) is 15.4 Å². The van der Waals surface area contributed by atoms with Crippen molar-refractivity contribution in [3.8, 4) is 5.69 Å². The van der Waals surface area contributed by atoms with Crippen molar-refractivity contribution in [1.82, 2.24) is 14.8 Å². The first-order valence-electron chi connectivity index (χ1n) is 9.64. The van der Waals surface area contributed by atoms with Crippen LogP contribution in [0.1, 0.15) is 31.6 Å². The van der Waals surface area contributed by atoms with E-state index in [1.165, 1.54) is 40.3 Å². The van der Waals surface area contributed by atoms with E-state index >= 15 is 0 Å². The van der Waals surface area contributed by atoms with E-state index < -0.39 is 4.92 Å². The van der Waals surface area contributed by atoms with Gasteiger partial charge in [0.25, 0.3) is 11.6 Å². The minimum absolute atomic E-state index is 0.0304. The standard InChI is InChI=1S/C22H18FN5O3S/c1-13-11-19(27(26-13)17-7-9-18(10-8-17)28(30)31)25-22(29)21-14(2)24-20(32-21)12-15-3-5-16(23)6-4-15/h3-11H,12H2,1-2H3,(H,25,29). The maximum atomic E-state index is 13.1. The first-order valence-corrected chi connectivity index (χ1v) is 10.5. The smallest absolute Gasteiger partial charge is 0.269 e. The first kappa shape index (κ1) is 21.3. The summed E-state index contributed by atoms with van der Waals surface area (Å²) in [6.45, 7) is 3.55. The largest absolute Gasteiger partial charge is 0.306 e. The lowest BCUT2D eigenvalue weighted by atomic mass is 10.1. The molecule has 0 fully saturated rings. The predicted molar refractivity (Wildman–Crippen MR) is 119 cm³/mol. The first-order chi connectivity index (χ1) is 15.3. The number of halogens is 1. The number of thiazole rings is 1. The molecular formula is C22H18FN5O3S. The molecule has 4 aromatic rings. The summed E-state index contributed by atoms with van der Waals surface area (Å²) in [6.07, 6.45) is 0.499. The van der Waals surface area contributed by atoms with Gasteiger partial charge in [-0.05, 0) is 43.7 Å². The fourth-order valence-corrected chi connectivity index (χ4v) is 4.18. The monoisotopic (exact) mass is 451 g/mol. The van der Waals surface area contributed by atoms with E-state index in [1.54, 1.807) is 44.2 Å². The molecule has 2 heterocycles. The van der Waals surface area contributed by atoms with Gasteiger partial charge in [0.2, 0.25) is 0 Å². The fourth-order valence-electron chi connectivity index (χ4n) is 3.19. The van der Waals surface area contributed by atoms with Crippen molar-refractivity contribution in [2.45, 2.75) is 20.3 Å². The quantitative estimate of drug-likeness (QED) is 0.334. The third-order valence-electron chi connectivity index (χ3n) is 4.69. The van der Waals surface area contributed by atoms with Gasteiger partial charge in [-0.3, -0.25) is 14.9 Å².